The molecule has 0 heterocycles. The Morgan fingerprint density at radius 3 is 2.29 bits per heavy atom. The number of para-hydroxylation sites is 1. The number of rotatable bonds is 5. The van der Waals surface area contributed by atoms with E-state index in [2.05, 4.69) is 5.32 Å². The molecule has 1 unspecified atom stereocenters. The summed E-state index contributed by atoms with van der Waals surface area (Å²) in [5.74, 6) is -3.27. The highest BCUT2D eigenvalue weighted by atomic mass is 19.2. The second-order valence-corrected chi connectivity index (χ2v) is 4.49. The van der Waals surface area contributed by atoms with Gasteiger partial charge in [0.1, 0.15) is 5.75 Å². The summed E-state index contributed by atoms with van der Waals surface area (Å²) >= 11 is 0. The number of hydrogen-bond donors (Lipinski definition) is 1. The molecule has 21 heavy (non-hydrogen) atoms. The Morgan fingerprint density at radius 1 is 1.10 bits per heavy atom. The first-order valence-corrected chi connectivity index (χ1v) is 6.61. The van der Waals surface area contributed by atoms with Gasteiger partial charge in [-0.2, -0.15) is 0 Å². The molecular formula is C16H16F3NO. The van der Waals surface area contributed by atoms with Crippen molar-refractivity contribution in [2.24, 2.45) is 0 Å². The van der Waals surface area contributed by atoms with Crippen LogP contribution in [0.4, 0.5) is 13.2 Å². The standard InChI is InChI=1S/C16H16F3NO/c1-3-21-14-7-5-4-6-11(14)16(20-2)10-8-12(17)15(19)13(18)9-10/h4-9,16,20H,3H2,1-2H3. The first-order valence-electron chi connectivity index (χ1n) is 6.61. The van der Waals surface area contributed by atoms with Crippen LogP contribution >= 0.6 is 0 Å². The predicted molar refractivity (Wildman–Crippen MR) is 74.8 cm³/mol. The normalized spacial score (nSPS) is 12.2. The van der Waals surface area contributed by atoms with Crippen molar-refractivity contribution in [3.63, 3.8) is 0 Å². The third-order valence-corrected chi connectivity index (χ3v) is 3.16. The first kappa shape index (κ1) is 15.4. The summed E-state index contributed by atoms with van der Waals surface area (Å²) < 4.78 is 45.5. The molecule has 0 saturated carbocycles. The fourth-order valence-corrected chi connectivity index (χ4v) is 2.25. The number of nitrogens with one attached hydrogen (secondary N) is 1. The smallest absolute Gasteiger partial charge is 0.194 e. The molecule has 0 saturated heterocycles. The molecule has 0 aliphatic heterocycles. The molecule has 0 fully saturated rings. The fraction of sp³-hybridized carbons (Fsp3) is 0.250. The van der Waals surface area contributed by atoms with Crippen molar-refractivity contribution in [1.82, 2.24) is 5.32 Å². The van der Waals surface area contributed by atoms with Gasteiger partial charge in [-0.05, 0) is 37.7 Å². The SMILES string of the molecule is CCOc1ccccc1C(NC)c1cc(F)c(F)c(F)c1. The van der Waals surface area contributed by atoms with E-state index in [-0.39, 0.29) is 0 Å². The van der Waals surface area contributed by atoms with E-state index in [0.29, 0.717) is 17.9 Å². The van der Waals surface area contributed by atoms with E-state index in [1.54, 1.807) is 25.2 Å². The summed E-state index contributed by atoms with van der Waals surface area (Å²) in [6, 6.07) is 8.67. The molecule has 0 spiro atoms. The van der Waals surface area contributed by atoms with Crippen LogP contribution in [0.5, 0.6) is 5.75 Å². The second kappa shape index (κ2) is 6.63. The Balaban J connectivity index is 2.50. The van der Waals surface area contributed by atoms with Gasteiger partial charge in [0.2, 0.25) is 0 Å². The van der Waals surface area contributed by atoms with Crippen molar-refractivity contribution in [3.05, 3.63) is 65.0 Å². The molecule has 2 rings (SSSR count). The molecule has 0 aromatic heterocycles. The van der Waals surface area contributed by atoms with Crippen molar-refractivity contribution in [2.45, 2.75) is 13.0 Å². The van der Waals surface area contributed by atoms with Crippen molar-refractivity contribution < 1.29 is 17.9 Å². The molecule has 0 aliphatic rings. The van der Waals surface area contributed by atoms with E-state index in [0.717, 1.165) is 17.7 Å². The van der Waals surface area contributed by atoms with Gasteiger partial charge < -0.3 is 10.1 Å². The van der Waals surface area contributed by atoms with Gasteiger partial charge in [-0.3, -0.25) is 0 Å². The zero-order valence-electron chi connectivity index (χ0n) is 11.8. The van der Waals surface area contributed by atoms with Crippen LogP contribution in [0.3, 0.4) is 0 Å². The average molecular weight is 295 g/mol. The maximum Gasteiger partial charge on any atom is 0.194 e. The third kappa shape index (κ3) is 3.19. The van der Waals surface area contributed by atoms with E-state index in [1.807, 2.05) is 13.0 Å². The van der Waals surface area contributed by atoms with E-state index >= 15 is 0 Å². The lowest BCUT2D eigenvalue weighted by Crippen LogP contribution is -2.19. The highest BCUT2D eigenvalue weighted by molar-refractivity contribution is 5.42. The molecule has 2 aromatic rings. The number of halogens is 3. The summed E-state index contributed by atoms with van der Waals surface area (Å²) in [5.41, 5.74) is 1.02. The Hall–Kier alpha value is -2.01. The van der Waals surface area contributed by atoms with Gasteiger partial charge in [-0.15, -0.1) is 0 Å². The highest BCUT2D eigenvalue weighted by Gasteiger charge is 2.20. The lowest BCUT2D eigenvalue weighted by molar-refractivity contribution is 0.334. The average Bonchev–Trinajstić information content (AvgIpc) is 2.47. The van der Waals surface area contributed by atoms with Crippen LogP contribution in [-0.4, -0.2) is 13.7 Å². The van der Waals surface area contributed by atoms with Gasteiger partial charge in [0, 0.05) is 5.56 Å². The molecule has 0 amide bonds. The van der Waals surface area contributed by atoms with Crippen molar-refractivity contribution in [1.29, 1.82) is 0 Å². The zero-order valence-corrected chi connectivity index (χ0v) is 11.8. The van der Waals surface area contributed by atoms with Crippen LogP contribution in [0.2, 0.25) is 0 Å². The summed E-state index contributed by atoms with van der Waals surface area (Å²) in [6.07, 6.45) is 0. The van der Waals surface area contributed by atoms with Crippen LogP contribution in [0.15, 0.2) is 36.4 Å². The van der Waals surface area contributed by atoms with Gasteiger partial charge >= 0.3 is 0 Å². The molecule has 0 aliphatic carbocycles. The largest absolute Gasteiger partial charge is 0.494 e. The summed E-state index contributed by atoms with van der Waals surface area (Å²) in [5, 5.41) is 2.97. The molecule has 1 N–H and O–H groups in total. The fourth-order valence-electron chi connectivity index (χ4n) is 2.25. The quantitative estimate of drug-likeness (QED) is 0.847. The molecular weight excluding hydrogens is 279 g/mol. The molecule has 112 valence electrons. The lowest BCUT2D eigenvalue weighted by Gasteiger charge is -2.20. The second-order valence-electron chi connectivity index (χ2n) is 4.49. The van der Waals surface area contributed by atoms with E-state index in [9.17, 15) is 13.2 Å². The topological polar surface area (TPSA) is 21.3 Å². The first-order chi connectivity index (χ1) is 10.1. The maximum absolute atomic E-state index is 13.4. The van der Waals surface area contributed by atoms with Gasteiger partial charge in [-0.25, -0.2) is 13.2 Å². The molecule has 2 nitrogen and oxygen atoms in total. The maximum atomic E-state index is 13.4. The van der Waals surface area contributed by atoms with Crippen LogP contribution in [0, 0.1) is 17.5 Å². The van der Waals surface area contributed by atoms with Crippen LogP contribution in [-0.2, 0) is 0 Å². The molecule has 0 bridgehead atoms. The minimum atomic E-state index is -1.47. The zero-order chi connectivity index (χ0) is 15.4. The number of ether oxygens (including phenoxy) is 1. The predicted octanol–water partition coefficient (Wildman–Crippen LogP) is 3.81. The minimum Gasteiger partial charge on any atom is -0.494 e. The van der Waals surface area contributed by atoms with Crippen molar-refractivity contribution in [3.8, 4) is 5.75 Å². The van der Waals surface area contributed by atoms with E-state index in [1.165, 1.54) is 0 Å². The molecule has 0 radical (unpaired) electrons. The molecule has 2 aromatic carbocycles. The van der Waals surface area contributed by atoms with Crippen LogP contribution in [0.25, 0.3) is 0 Å². The molecule has 5 heteroatoms. The van der Waals surface area contributed by atoms with Gasteiger partial charge in [0.05, 0.1) is 12.6 Å². The summed E-state index contributed by atoms with van der Waals surface area (Å²) in [6.45, 7) is 2.32. The number of benzene rings is 2. The van der Waals surface area contributed by atoms with Gasteiger partial charge in [0.15, 0.2) is 17.5 Å². The third-order valence-electron chi connectivity index (χ3n) is 3.16. The van der Waals surface area contributed by atoms with Crippen molar-refractivity contribution >= 4 is 0 Å². The Labute approximate surface area is 121 Å². The van der Waals surface area contributed by atoms with E-state index in [4.69, 9.17) is 4.74 Å². The van der Waals surface area contributed by atoms with Gasteiger partial charge in [0.25, 0.3) is 0 Å². The summed E-state index contributed by atoms with van der Waals surface area (Å²) in [4.78, 5) is 0. The van der Waals surface area contributed by atoms with Crippen LogP contribution < -0.4 is 10.1 Å². The monoisotopic (exact) mass is 295 g/mol. The molecule has 1 atom stereocenters. The lowest BCUT2D eigenvalue weighted by atomic mass is 9.97. The van der Waals surface area contributed by atoms with Crippen molar-refractivity contribution in [2.75, 3.05) is 13.7 Å². The van der Waals surface area contributed by atoms with Gasteiger partial charge in [-0.1, -0.05) is 18.2 Å². The Morgan fingerprint density at radius 2 is 1.71 bits per heavy atom. The number of hydrogen-bond acceptors (Lipinski definition) is 2. The highest BCUT2D eigenvalue weighted by Crippen LogP contribution is 2.31. The summed E-state index contributed by atoms with van der Waals surface area (Å²) in [7, 11) is 1.66. The Bertz CT molecular complexity index is 608. The van der Waals surface area contributed by atoms with E-state index < -0.39 is 23.5 Å². The Kier molecular flexibility index (Phi) is 4.85. The van der Waals surface area contributed by atoms with Crippen LogP contribution in [0.1, 0.15) is 24.1 Å². The minimum absolute atomic E-state index is 0.293.